The highest BCUT2D eigenvalue weighted by molar-refractivity contribution is 7.13. The first kappa shape index (κ1) is 13.7. The van der Waals surface area contributed by atoms with Crippen LogP contribution >= 0.6 is 11.3 Å². The van der Waals surface area contributed by atoms with Crippen LogP contribution in [0, 0.1) is 5.82 Å². The number of hydrogen-bond acceptors (Lipinski definition) is 3. The van der Waals surface area contributed by atoms with Gasteiger partial charge in [-0.3, -0.25) is 4.90 Å². The van der Waals surface area contributed by atoms with Gasteiger partial charge in [0, 0.05) is 23.5 Å². The summed E-state index contributed by atoms with van der Waals surface area (Å²) in [6, 6.07) is 7.22. The first-order valence-corrected chi connectivity index (χ1v) is 8.05. The first-order valence-electron chi connectivity index (χ1n) is 7.17. The number of benzene rings is 1. The van der Waals surface area contributed by atoms with Crippen LogP contribution in [0.4, 0.5) is 4.39 Å². The zero-order valence-corrected chi connectivity index (χ0v) is 12.5. The Labute approximate surface area is 123 Å². The molecule has 1 saturated heterocycles. The first-order chi connectivity index (χ1) is 9.72. The van der Waals surface area contributed by atoms with Gasteiger partial charge >= 0.3 is 0 Å². The number of halogens is 1. The number of nitrogens with zero attached hydrogens (tertiary/aromatic N) is 2. The summed E-state index contributed by atoms with van der Waals surface area (Å²) >= 11 is 1.64. The van der Waals surface area contributed by atoms with Crippen LogP contribution in [0.5, 0.6) is 0 Å². The molecule has 1 aromatic heterocycles. The van der Waals surface area contributed by atoms with Crippen molar-refractivity contribution in [3.05, 3.63) is 41.2 Å². The summed E-state index contributed by atoms with van der Waals surface area (Å²) in [6.45, 7) is 4.40. The third-order valence-electron chi connectivity index (χ3n) is 3.95. The van der Waals surface area contributed by atoms with E-state index in [4.69, 9.17) is 4.98 Å². The lowest BCUT2D eigenvalue weighted by Gasteiger charge is -2.32. The smallest absolute Gasteiger partial charge is 0.123 e. The average molecular weight is 290 g/mol. The van der Waals surface area contributed by atoms with Gasteiger partial charge in [-0.1, -0.05) is 6.42 Å². The molecule has 2 heterocycles. The molecule has 106 valence electrons. The third-order valence-corrected chi connectivity index (χ3v) is 4.89. The zero-order valence-electron chi connectivity index (χ0n) is 11.7. The molecular weight excluding hydrogens is 271 g/mol. The van der Waals surface area contributed by atoms with Gasteiger partial charge in [0.15, 0.2) is 0 Å². The van der Waals surface area contributed by atoms with Crippen molar-refractivity contribution in [3.8, 4) is 10.6 Å². The van der Waals surface area contributed by atoms with Crippen molar-refractivity contribution in [2.75, 3.05) is 6.54 Å². The van der Waals surface area contributed by atoms with Crippen LogP contribution in [0.25, 0.3) is 10.6 Å². The molecule has 0 saturated carbocycles. The van der Waals surface area contributed by atoms with Crippen LogP contribution in [0.1, 0.15) is 31.9 Å². The van der Waals surface area contributed by atoms with E-state index < -0.39 is 0 Å². The molecule has 0 radical (unpaired) electrons. The van der Waals surface area contributed by atoms with Crippen molar-refractivity contribution in [2.24, 2.45) is 0 Å². The zero-order chi connectivity index (χ0) is 13.9. The van der Waals surface area contributed by atoms with Crippen LogP contribution in [0.15, 0.2) is 29.6 Å². The van der Waals surface area contributed by atoms with E-state index in [0.717, 1.165) is 22.8 Å². The summed E-state index contributed by atoms with van der Waals surface area (Å²) in [5.74, 6) is -0.201. The number of piperidine rings is 1. The maximum absolute atomic E-state index is 12.9. The Hall–Kier alpha value is -1.26. The molecule has 3 rings (SSSR count). The quantitative estimate of drug-likeness (QED) is 0.836. The Morgan fingerprint density at radius 1 is 1.30 bits per heavy atom. The Balaban J connectivity index is 1.71. The van der Waals surface area contributed by atoms with Gasteiger partial charge in [0.2, 0.25) is 0 Å². The highest BCUT2D eigenvalue weighted by Gasteiger charge is 2.19. The van der Waals surface area contributed by atoms with Crippen LogP contribution in [0.2, 0.25) is 0 Å². The largest absolute Gasteiger partial charge is 0.295 e. The fourth-order valence-electron chi connectivity index (χ4n) is 2.71. The van der Waals surface area contributed by atoms with Gasteiger partial charge in [0.05, 0.1) is 5.69 Å². The molecule has 1 aliphatic heterocycles. The van der Waals surface area contributed by atoms with E-state index in [2.05, 4.69) is 17.2 Å². The summed E-state index contributed by atoms with van der Waals surface area (Å²) in [7, 11) is 0. The Morgan fingerprint density at radius 2 is 2.10 bits per heavy atom. The van der Waals surface area contributed by atoms with Crippen LogP contribution in [0.3, 0.4) is 0 Å². The molecule has 0 N–H and O–H groups in total. The second-order valence-electron chi connectivity index (χ2n) is 5.47. The maximum atomic E-state index is 12.9. The van der Waals surface area contributed by atoms with Gasteiger partial charge < -0.3 is 0 Å². The number of hydrogen-bond donors (Lipinski definition) is 0. The number of aromatic nitrogens is 1. The normalized spacial score (nSPS) is 20.2. The molecule has 0 aliphatic carbocycles. The Morgan fingerprint density at radius 3 is 2.85 bits per heavy atom. The Bertz CT molecular complexity index is 564. The Kier molecular flexibility index (Phi) is 4.13. The molecule has 1 unspecified atom stereocenters. The number of rotatable bonds is 3. The van der Waals surface area contributed by atoms with Gasteiger partial charge in [-0.25, -0.2) is 9.37 Å². The van der Waals surface area contributed by atoms with Crippen molar-refractivity contribution in [1.29, 1.82) is 0 Å². The minimum absolute atomic E-state index is 0.201. The molecule has 2 aromatic rings. The molecule has 0 amide bonds. The molecule has 1 fully saturated rings. The van der Waals surface area contributed by atoms with Crippen LogP contribution < -0.4 is 0 Å². The van der Waals surface area contributed by atoms with Gasteiger partial charge in [0.25, 0.3) is 0 Å². The van der Waals surface area contributed by atoms with E-state index in [1.54, 1.807) is 23.5 Å². The molecule has 1 aromatic carbocycles. The predicted molar refractivity (Wildman–Crippen MR) is 81.2 cm³/mol. The SMILES string of the molecule is CC1CCCCN1Cc1csc(-c2ccc(F)cc2)n1. The number of thiazole rings is 1. The standard InChI is InChI=1S/C16H19FN2S/c1-12-4-2-3-9-19(12)10-15-11-20-16(18-15)13-5-7-14(17)8-6-13/h5-8,11-12H,2-4,9-10H2,1H3. The lowest BCUT2D eigenvalue weighted by atomic mass is 10.0. The fraction of sp³-hybridized carbons (Fsp3) is 0.438. The molecule has 1 atom stereocenters. The molecule has 0 bridgehead atoms. The summed E-state index contributed by atoms with van der Waals surface area (Å²) in [5, 5.41) is 3.10. The van der Waals surface area contributed by atoms with Gasteiger partial charge in [0.1, 0.15) is 10.8 Å². The van der Waals surface area contributed by atoms with E-state index in [1.807, 2.05) is 0 Å². The third kappa shape index (κ3) is 3.07. The summed E-state index contributed by atoms with van der Waals surface area (Å²) in [6.07, 6.45) is 3.92. The van der Waals surface area contributed by atoms with Crippen molar-refractivity contribution < 1.29 is 4.39 Å². The van der Waals surface area contributed by atoms with Gasteiger partial charge in [-0.2, -0.15) is 0 Å². The summed E-state index contributed by atoms with van der Waals surface area (Å²) < 4.78 is 12.9. The second kappa shape index (κ2) is 6.02. The van der Waals surface area contributed by atoms with Crippen molar-refractivity contribution in [2.45, 2.75) is 38.8 Å². The minimum atomic E-state index is -0.201. The van der Waals surface area contributed by atoms with Crippen molar-refractivity contribution in [3.63, 3.8) is 0 Å². The lowest BCUT2D eigenvalue weighted by Crippen LogP contribution is -2.36. The molecule has 20 heavy (non-hydrogen) atoms. The average Bonchev–Trinajstić information content (AvgIpc) is 2.91. The van der Waals surface area contributed by atoms with Crippen molar-refractivity contribution >= 4 is 11.3 Å². The molecule has 1 aliphatic rings. The minimum Gasteiger partial charge on any atom is -0.295 e. The molecule has 2 nitrogen and oxygen atoms in total. The maximum Gasteiger partial charge on any atom is 0.123 e. The van der Waals surface area contributed by atoms with Gasteiger partial charge in [-0.05, 0) is 50.6 Å². The highest BCUT2D eigenvalue weighted by atomic mass is 32.1. The van der Waals surface area contributed by atoms with Crippen LogP contribution in [-0.2, 0) is 6.54 Å². The van der Waals surface area contributed by atoms with Crippen molar-refractivity contribution in [1.82, 2.24) is 9.88 Å². The predicted octanol–water partition coefficient (Wildman–Crippen LogP) is 4.32. The number of likely N-dealkylation sites (tertiary alicyclic amines) is 1. The van der Waals surface area contributed by atoms with Gasteiger partial charge in [-0.15, -0.1) is 11.3 Å². The van der Waals surface area contributed by atoms with E-state index >= 15 is 0 Å². The van der Waals surface area contributed by atoms with E-state index in [0.29, 0.717) is 6.04 Å². The highest BCUT2D eigenvalue weighted by Crippen LogP contribution is 2.26. The monoisotopic (exact) mass is 290 g/mol. The lowest BCUT2D eigenvalue weighted by molar-refractivity contribution is 0.151. The summed E-state index contributed by atoms with van der Waals surface area (Å²) in [4.78, 5) is 7.20. The van der Waals surface area contributed by atoms with E-state index in [9.17, 15) is 4.39 Å². The fourth-order valence-corrected chi connectivity index (χ4v) is 3.52. The van der Waals surface area contributed by atoms with E-state index in [1.165, 1.54) is 37.9 Å². The molecule has 4 heteroatoms. The van der Waals surface area contributed by atoms with Crippen LogP contribution in [-0.4, -0.2) is 22.5 Å². The second-order valence-corrected chi connectivity index (χ2v) is 6.32. The molecule has 0 spiro atoms. The molecular formula is C16H19FN2S. The topological polar surface area (TPSA) is 16.1 Å². The summed E-state index contributed by atoms with van der Waals surface area (Å²) in [5.41, 5.74) is 2.12. The van der Waals surface area contributed by atoms with E-state index in [-0.39, 0.29) is 5.82 Å².